The minimum absolute atomic E-state index is 0. The molecule has 0 radical (unpaired) electrons. The normalized spacial score (nSPS) is 42.8. The Morgan fingerprint density at radius 2 is 1.79 bits per heavy atom. The van der Waals surface area contributed by atoms with Gasteiger partial charge in [0.25, 0.3) is 0 Å². The van der Waals surface area contributed by atoms with Gasteiger partial charge in [0.05, 0.1) is 0 Å². The standard InChI is InChI=1S/C13H17.Li/c1-12(2,3)7-8-13-9-5-4-6-10(13)11(9)13;/h9-10H,4-6H2,1-3H3;/q-1;+1. The predicted molar refractivity (Wildman–Crippen MR) is 53.7 cm³/mol. The van der Waals surface area contributed by atoms with Crippen LogP contribution in [0.15, 0.2) is 0 Å². The van der Waals surface area contributed by atoms with E-state index in [1.165, 1.54) is 19.3 Å². The van der Waals surface area contributed by atoms with Gasteiger partial charge in [-0.15, -0.1) is 11.3 Å². The minimum Gasteiger partial charge on any atom is -0.297 e. The fraction of sp³-hybridized carbons (Fsp3) is 0.769. The van der Waals surface area contributed by atoms with Gasteiger partial charge in [0.15, 0.2) is 0 Å². The van der Waals surface area contributed by atoms with Gasteiger partial charge in [-0.1, -0.05) is 25.2 Å². The first-order chi connectivity index (χ1) is 6.06. The molecule has 3 fully saturated rings. The molecule has 0 aromatic carbocycles. The van der Waals surface area contributed by atoms with Gasteiger partial charge in [-0.3, -0.25) is 5.92 Å². The molecule has 0 aliphatic heterocycles. The van der Waals surface area contributed by atoms with E-state index in [0.29, 0.717) is 5.41 Å². The van der Waals surface area contributed by atoms with Crippen LogP contribution in [0.2, 0.25) is 0 Å². The van der Waals surface area contributed by atoms with E-state index in [9.17, 15) is 0 Å². The summed E-state index contributed by atoms with van der Waals surface area (Å²) >= 11 is 0. The maximum Gasteiger partial charge on any atom is 1.00 e. The van der Waals surface area contributed by atoms with Crippen LogP contribution in [0.5, 0.6) is 0 Å². The van der Waals surface area contributed by atoms with Crippen molar-refractivity contribution in [1.82, 2.24) is 0 Å². The molecule has 3 aliphatic carbocycles. The molecular formula is C13H17Li. The summed E-state index contributed by atoms with van der Waals surface area (Å²) in [6.07, 6.45) is 4.33. The Hall–Kier alpha value is 0.157. The summed E-state index contributed by atoms with van der Waals surface area (Å²) in [5.41, 5.74) is 0.685. The molecule has 0 heterocycles. The van der Waals surface area contributed by atoms with E-state index in [1.807, 2.05) is 5.92 Å². The third-order valence-electron chi connectivity index (χ3n) is 3.79. The fourth-order valence-corrected chi connectivity index (χ4v) is 3.09. The molecule has 0 amide bonds. The molecule has 0 nitrogen and oxygen atoms in total. The second-order valence-corrected chi connectivity index (χ2v) is 5.86. The molecule has 3 aliphatic rings. The molecule has 1 heteroatoms. The van der Waals surface area contributed by atoms with Gasteiger partial charge in [-0.05, 0) is 20.8 Å². The van der Waals surface area contributed by atoms with Gasteiger partial charge in [0.1, 0.15) is 0 Å². The van der Waals surface area contributed by atoms with E-state index >= 15 is 0 Å². The van der Waals surface area contributed by atoms with Gasteiger partial charge in [-0.2, -0.15) is 11.8 Å². The summed E-state index contributed by atoms with van der Waals surface area (Å²) < 4.78 is 0. The largest absolute Gasteiger partial charge is 1.00 e. The van der Waals surface area contributed by atoms with Crippen molar-refractivity contribution in [2.45, 2.75) is 40.0 Å². The van der Waals surface area contributed by atoms with Crippen molar-refractivity contribution in [2.24, 2.45) is 22.7 Å². The zero-order chi connectivity index (χ0) is 9.27. The van der Waals surface area contributed by atoms with Crippen molar-refractivity contribution in [2.75, 3.05) is 0 Å². The molecule has 0 aromatic heterocycles. The van der Waals surface area contributed by atoms with Crippen LogP contribution in [0, 0.1) is 40.4 Å². The van der Waals surface area contributed by atoms with Gasteiger partial charge >= 0.3 is 18.9 Å². The van der Waals surface area contributed by atoms with Crippen molar-refractivity contribution < 1.29 is 18.9 Å². The van der Waals surface area contributed by atoms with Gasteiger partial charge in [-0.25, -0.2) is 0 Å². The number of rotatable bonds is 0. The van der Waals surface area contributed by atoms with Gasteiger partial charge < -0.3 is 0 Å². The van der Waals surface area contributed by atoms with Gasteiger partial charge in [0, 0.05) is 5.41 Å². The molecule has 0 N–H and O–H groups in total. The summed E-state index contributed by atoms with van der Waals surface area (Å²) in [4.78, 5) is 0. The number of hydrogen-bond acceptors (Lipinski definition) is 0. The molecule has 3 rings (SSSR count). The van der Waals surface area contributed by atoms with Crippen molar-refractivity contribution in [1.29, 1.82) is 0 Å². The molecular weight excluding hydrogens is 163 g/mol. The van der Waals surface area contributed by atoms with E-state index < -0.39 is 0 Å². The molecule has 14 heavy (non-hydrogen) atoms. The zero-order valence-corrected chi connectivity index (χ0v) is 9.78. The van der Waals surface area contributed by atoms with E-state index in [2.05, 4.69) is 32.6 Å². The quantitative estimate of drug-likeness (QED) is 0.280. The summed E-state index contributed by atoms with van der Waals surface area (Å²) in [5, 5.41) is 0. The molecule has 0 bridgehead atoms. The summed E-state index contributed by atoms with van der Waals surface area (Å²) in [6, 6.07) is 0. The minimum atomic E-state index is 0. The first-order valence-electron chi connectivity index (χ1n) is 5.47. The summed E-state index contributed by atoms with van der Waals surface area (Å²) in [7, 11) is 0. The second kappa shape index (κ2) is 2.84. The van der Waals surface area contributed by atoms with E-state index in [4.69, 9.17) is 0 Å². The zero-order valence-electron chi connectivity index (χ0n) is 9.78. The topological polar surface area (TPSA) is 0 Å². The monoisotopic (exact) mass is 180 g/mol. The maximum absolute atomic E-state index is 3.56. The Kier molecular flexibility index (Phi) is 2.17. The summed E-state index contributed by atoms with van der Waals surface area (Å²) in [5.74, 6) is 10.7. The number of fused-ring (bicyclic) bond motifs is 2. The number of hydrogen-bond donors (Lipinski definition) is 0. The summed E-state index contributed by atoms with van der Waals surface area (Å²) in [6.45, 7) is 6.62. The Morgan fingerprint density at radius 3 is 2.21 bits per heavy atom. The predicted octanol–water partition coefficient (Wildman–Crippen LogP) is 0.0443. The molecule has 0 saturated heterocycles. The van der Waals surface area contributed by atoms with Crippen LogP contribution in [-0.2, 0) is 0 Å². The average Bonchev–Trinajstić information content (AvgIpc) is 2.89. The van der Waals surface area contributed by atoms with Crippen molar-refractivity contribution in [3.63, 3.8) is 0 Å². The Bertz CT molecular complexity index is 291. The Balaban J connectivity index is 0.000000750. The van der Waals surface area contributed by atoms with Crippen LogP contribution in [0.3, 0.4) is 0 Å². The van der Waals surface area contributed by atoms with Crippen LogP contribution < -0.4 is 18.9 Å². The van der Waals surface area contributed by atoms with Crippen LogP contribution in [0.1, 0.15) is 40.0 Å². The fourth-order valence-electron chi connectivity index (χ4n) is 3.09. The third-order valence-corrected chi connectivity index (χ3v) is 3.79. The van der Waals surface area contributed by atoms with Gasteiger partial charge in [0.2, 0.25) is 0 Å². The third kappa shape index (κ3) is 1.22. The SMILES string of the molecule is CC(C)(C)C#CC12[C-]3C1CCCC32.[Li+]. The van der Waals surface area contributed by atoms with Crippen molar-refractivity contribution in [3.8, 4) is 11.8 Å². The first kappa shape index (κ1) is 10.7. The van der Waals surface area contributed by atoms with Crippen LogP contribution in [0.25, 0.3) is 0 Å². The molecule has 70 valence electrons. The molecule has 0 aromatic rings. The van der Waals surface area contributed by atoms with Crippen molar-refractivity contribution in [3.05, 3.63) is 5.92 Å². The van der Waals surface area contributed by atoms with E-state index in [0.717, 1.165) is 11.8 Å². The average molecular weight is 180 g/mol. The van der Waals surface area contributed by atoms with E-state index in [-0.39, 0.29) is 24.3 Å². The molecule has 2 unspecified atom stereocenters. The van der Waals surface area contributed by atoms with Crippen LogP contribution in [0.4, 0.5) is 0 Å². The maximum atomic E-state index is 3.56. The smallest absolute Gasteiger partial charge is 0.297 e. The molecule has 0 spiro atoms. The first-order valence-corrected chi connectivity index (χ1v) is 5.47. The van der Waals surface area contributed by atoms with Crippen LogP contribution in [-0.4, -0.2) is 0 Å². The molecule has 3 saturated carbocycles. The van der Waals surface area contributed by atoms with Crippen LogP contribution >= 0.6 is 0 Å². The van der Waals surface area contributed by atoms with Crippen molar-refractivity contribution >= 4 is 0 Å². The van der Waals surface area contributed by atoms with E-state index in [1.54, 1.807) is 0 Å². The molecule has 2 atom stereocenters. The Morgan fingerprint density at radius 1 is 1.21 bits per heavy atom. The Labute approximate surface area is 99.4 Å². The second-order valence-electron chi connectivity index (χ2n) is 5.86.